The number of para-hydroxylation sites is 4. The Morgan fingerprint density at radius 1 is 0.176 bits per heavy atom. The maximum absolute atomic E-state index is 2.39. The molecule has 8 aromatic carbocycles. The maximum atomic E-state index is 2.39. The number of fused-ring (bicyclic) bond motifs is 5. The zero-order valence-corrected chi connectivity index (χ0v) is 48.2. The zero-order valence-electron chi connectivity index (χ0n) is 48.2. The molecule has 0 aliphatic heterocycles. The van der Waals surface area contributed by atoms with Crippen LogP contribution < -0.4 is 9.80 Å². The zero-order chi connectivity index (χ0) is 53.3. The van der Waals surface area contributed by atoms with Crippen molar-refractivity contribution in [2.75, 3.05) is 9.80 Å². The van der Waals surface area contributed by atoms with E-state index in [2.05, 4.69) is 192 Å². The second-order valence-electron chi connectivity index (χ2n) is 11.0. The Labute approximate surface area is 422 Å². The third-order valence-electron chi connectivity index (χ3n) is 8.38. The maximum Gasteiger partial charge on any atom is 0.0546 e. The Hall–Kier alpha value is -5.86. The van der Waals surface area contributed by atoms with Crippen LogP contribution in [0.25, 0.3) is 32.3 Å². The van der Waals surface area contributed by atoms with E-state index >= 15 is 0 Å². The number of rotatable bonds is 6. The summed E-state index contributed by atoms with van der Waals surface area (Å²) >= 11 is 0. The molecule has 68 heavy (non-hydrogen) atoms. The van der Waals surface area contributed by atoms with Crippen LogP contribution in [0.1, 0.15) is 166 Å². The Morgan fingerprint density at radius 3 is 0.529 bits per heavy atom. The van der Waals surface area contributed by atoms with Crippen molar-refractivity contribution in [3.63, 3.8) is 0 Å². The number of anilines is 6. The first-order valence-electron chi connectivity index (χ1n) is 27.0. The van der Waals surface area contributed by atoms with Crippen molar-refractivity contribution in [2.24, 2.45) is 0 Å². The summed E-state index contributed by atoms with van der Waals surface area (Å²) in [7, 11) is 0. The van der Waals surface area contributed by atoms with E-state index in [0.29, 0.717) is 0 Å². The van der Waals surface area contributed by atoms with Crippen LogP contribution >= 0.6 is 0 Å². The predicted molar refractivity (Wildman–Crippen MR) is 325 cm³/mol. The van der Waals surface area contributed by atoms with Crippen molar-refractivity contribution in [3.8, 4) is 0 Å². The van der Waals surface area contributed by atoms with Crippen molar-refractivity contribution < 1.29 is 0 Å². The minimum Gasteiger partial charge on any atom is -0.310 e. The third kappa shape index (κ3) is 21.0. The minimum absolute atomic E-state index is 1.13. The summed E-state index contributed by atoms with van der Waals surface area (Å²) in [6.07, 6.45) is 0. The summed E-state index contributed by atoms with van der Waals surface area (Å²) in [5.74, 6) is 0. The van der Waals surface area contributed by atoms with Crippen molar-refractivity contribution in [2.45, 2.75) is 166 Å². The Bertz CT molecular complexity index is 1970. The highest BCUT2D eigenvalue weighted by atomic mass is 15.1. The molecule has 0 saturated carbocycles. The number of hydrogen-bond donors (Lipinski definition) is 0. The molecule has 0 atom stereocenters. The molecule has 0 heterocycles. The van der Waals surface area contributed by atoms with Crippen LogP contribution in [0.15, 0.2) is 182 Å². The summed E-state index contributed by atoms with van der Waals surface area (Å²) < 4.78 is 0. The van der Waals surface area contributed by atoms with E-state index in [1.54, 1.807) is 0 Å². The minimum atomic E-state index is 1.13. The van der Waals surface area contributed by atoms with Gasteiger partial charge in [-0.15, -0.1) is 0 Å². The van der Waals surface area contributed by atoms with Gasteiger partial charge in [-0.2, -0.15) is 0 Å². The fraction of sp³-hybridized carbons (Fsp3) is 0.364. The fourth-order valence-corrected chi connectivity index (χ4v) is 6.45. The SMILES string of the molecule is CC.CC.CC.CC.CC.CC.CC.CC.CC.CC.CC.CC.c1ccc(N(c2ccccc2)c2cc3c4ccccc4c(N(c4ccccc4)c4ccccc4)cc3c3ccccc23)cc1. The Balaban J connectivity index is -0.000000484. The standard InChI is InChI=1S/C42H30N2.12C2H6/c1-5-17-31(18-6-1)43(32-19-7-2-8-20-32)41-29-39-36-26-14-16-28-38(36)42(30-40(39)35-25-13-15-27-37(35)41)44(33-21-9-3-10-22-33)34-23-11-4-12-24-34;12*1-2/h1-30H;12*1-2H3. The van der Waals surface area contributed by atoms with E-state index in [1.165, 1.54) is 32.3 Å². The van der Waals surface area contributed by atoms with Crippen LogP contribution in [-0.4, -0.2) is 0 Å². The van der Waals surface area contributed by atoms with Crippen LogP contribution in [0.5, 0.6) is 0 Å². The fourth-order valence-electron chi connectivity index (χ4n) is 6.45. The highest BCUT2D eigenvalue weighted by Crippen LogP contribution is 2.47. The molecule has 0 fully saturated rings. The first-order valence-corrected chi connectivity index (χ1v) is 27.0. The van der Waals surface area contributed by atoms with Crippen LogP contribution in [0.2, 0.25) is 0 Å². The highest BCUT2D eigenvalue weighted by molar-refractivity contribution is 6.24. The molecule has 2 heteroatoms. The molecule has 0 aromatic heterocycles. The molecule has 376 valence electrons. The molecule has 8 rings (SSSR count). The van der Waals surface area contributed by atoms with Gasteiger partial charge in [0, 0.05) is 33.5 Å². The van der Waals surface area contributed by atoms with Gasteiger partial charge in [-0.3, -0.25) is 0 Å². The van der Waals surface area contributed by atoms with Gasteiger partial charge in [-0.05, 0) is 82.2 Å². The summed E-state index contributed by atoms with van der Waals surface area (Å²) in [6.45, 7) is 48.0. The molecule has 0 radical (unpaired) electrons. The first kappa shape index (κ1) is 71.1. The van der Waals surface area contributed by atoms with Gasteiger partial charge in [0.25, 0.3) is 0 Å². The summed E-state index contributed by atoms with van der Waals surface area (Å²) in [5.41, 5.74) is 6.83. The molecule has 0 aliphatic carbocycles. The van der Waals surface area contributed by atoms with E-state index in [4.69, 9.17) is 0 Å². The van der Waals surface area contributed by atoms with Crippen LogP contribution in [0, 0.1) is 0 Å². The van der Waals surface area contributed by atoms with Crippen LogP contribution in [0.3, 0.4) is 0 Å². The number of hydrogen-bond acceptors (Lipinski definition) is 2. The summed E-state index contributed by atoms with van der Waals surface area (Å²) in [4.78, 5) is 4.76. The van der Waals surface area contributed by atoms with Gasteiger partial charge < -0.3 is 9.80 Å². The largest absolute Gasteiger partial charge is 0.310 e. The summed E-state index contributed by atoms with van der Waals surface area (Å²) in [5, 5.41) is 7.33. The van der Waals surface area contributed by atoms with Crippen LogP contribution in [0.4, 0.5) is 34.1 Å². The van der Waals surface area contributed by atoms with Gasteiger partial charge in [0.1, 0.15) is 0 Å². The molecule has 8 aromatic rings. The van der Waals surface area contributed by atoms with Gasteiger partial charge in [0.05, 0.1) is 11.4 Å². The quantitative estimate of drug-likeness (QED) is 0.153. The lowest BCUT2D eigenvalue weighted by Gasteiger charge is -2.29. The highest BCUT2D eigenvalue weighted by Gasteiger charge is 2.21. The molecule has 0 bridgehead atoms. The van der Waals surface area contributed by atoms with Crippen LogP contribution in [-0.2, 0) is 0 Å². The van der Waals surface area contributed by atoms with Crippen molar-refractivity contribution in [1.82, 2.24) is 0 Å². The molecule has 0 spiro atoms. The van der Waals surface area contributed by atoms with Gasteiger partial charge >= 0.3 is 0 Å². The predicted octanol–water partition coefficient (Wildman–Crippen LogP) is 24.4. The van der Waals surface area contributed by atoms with Crippen molar-refractivity contribution in [1.29, 1.82) is 0 Å². The molecule has 0 N–H and O–H groups in total. The monoisotopic (exact) mass is 923 g/mol. The van der Waals surface area contributed by atoms with Gasteiger partial charge in [-0.1, -0.05) is 287 Å². The molecule has 0 amide bonds. The van der Waals surface area contributed by atoms with Gasteiger partial charge in [-0.25, -0.2) is 0 Å². The Morgan fingerprint density at radius 2 is 0.338 bits per heavy atom. The first-order chi connectivity index (χ1) is 33.9. The molecule has 2 nitrogen and oxygen atoms in total. The molecule has 0 aliphatic rings. The molecular formula is C66H102N2. The second kappa shape index (κ2) is 50.6. The lowest BCUT2D eigenvalue weighted by atomic mass is 9.93. The van der Waals surface area contributed by atoms with E-state index in [9.17, 15) is 0 Å². The van der Waals surface area contributed by atoms with Crippen molar-refractivity contribution in [3.05, 3.63) is 182 Å². The van der Waals surface area contributed by atoms with Gasteiger partial charge in [0.15, 0.2) is 0 Å². The van der Waals surface area contributed by atoms with Crippen molar-refractivity contribution >= 4 is 66.4 Å². The van der Waals surface area contributed by atoms with E-state index in [0.717, 1.165) is 34.1 Å². The Kier molecular flexibility index (Phi) is 52.9. The average Bonchev–Trinajstić information content (AvgIpc) is 3.49. The number of nitrogens with zero attached hydrogens (tertiary/aromatic N) is 2. The topological polar surface area (TPSA) is 6.48 Å². The lowest BCUT2D eigenvalue weighted by molar-refractivity contribution is 1.30. The summed E-state index contributed by atoms with van der Waals surface area (Å²) in [6, 6.07) is 65.1. The average molecular weight is 924 g/mol. The smallest absolute Gasteiger partial charge is 0.0546 e. The molecular weight excluding hydrogens is 821 g/mol. The van der Waals surface area contributed by atoms with E-state index in [1.807, 2.05) is 166 Å². The second-order valence-corrected chi connectivity index (χ2v) is 11.0. The van der Waals surface area contributed by atoms with Gasteiger partial charge in [0.2, 0.25) is 0 Å². The normalized spacial score (nSPS) is 8.29. The third-order valence-corrected chi connectivity index (χ3v) is 8.38. The molecule has 0 saturated heterocycles. The lowest BCUT2D eigenvalue weighted by Crippen LogP contribution is -2.11. The van der Waals surface area contributed by atoms with E-state index in [-0.39, 0.29) is 0 Å². The number of benzene rings is 8. The van der Waals surface area contributed by atoms with E-state index < -0.39 is 0 Å². The molecule has 0 unspecified atom stereocenters.